The highest BCUT2D eigenvalue weighted by Crippen LogP contribution is 2.45. The van der Waals surface area contributed by atoms with Crippen LogP contribution in [0.1, 0.15) is 37.3 Å². The molecule has 5 nitrogen and oxygen atoms in total. The van der Waals surface area contributed by atoms with E-state index in [9.17, 15) is 13.2 Å². The lowest BCUT2D eigenvalue weighted by molar-refractivity contribution is -0.124. The van der Waals surface area contributed by atoms with Crippen LogP contribution in [-0.4, -0.2) is 14.3 Å². The second kappa shape index (κ2) is 7.13. The van der Waals surface area contributed by atoms with Crippen molar-refractivity contribution in [3.8, 4) is 0 Å². The van der Waals surface area contributed by atoms with E-state index in [4.69, 9.17) is 5.14 Å². The Hall–Kier alpha value is -1.70. The average molecular weight is 437 g/mol. The summed E-state index contributed by atoms with van der Waals surface area (Å²) in [7, 11) is -3.84. The second-order valence-electron chi connectivity index (χ2n) is 6.62. The number of anilines is 1. The molecule has 3 N–H and O–H groups in total. The van der Waals surface area contributed by atoms with Crippen LogP contribution in [0.2, 0.25) is 0 Å². The van der Waals surface area contributed by atoms with Crippen molar-refractivity contribution in [2.45, 2.75) is 42.9 Å². The van der Waals surface area contributed by atoms with Crippen molar-refractivity contribution in [1.82, 2.24) is 0 Å². The lowest BCUT2D eigenvalue weighted by Gasteiger charge is -2.40. The van der Waals surface area contributed by atoms with Gasteiger partial charge >= 0.3 is 0 Å². The first-order valence-corrected chi connectivity index (χ1v) is 10.8. The molecule has 138 valence electrons. The molecule has 0 bridgehead atoms. The molecule has 1 aliphatic carbocycles. The number of hydrogen-bond acceptors (Lipinski definition) is 3. The van der Waals surface area contributed by atoms with Gasteiger partial charge < -0.3 is 5.32 Å². The minimum absolute atomic E-state index is 0.0594. The number of carbonyl (C=O) groups excluding carboxylic acids is 1. The summed E-state index contributed by atoms with van der Waals surface area (Å²) in [4.78, 5) is 13.1. The van der Waals surface area contributed by atoms with E-state index in [-0.39, 0.29) is 10.8 Å². The van der Waals surface area contributed by atoms with E-state index in [0.29, 0.717) is 17.7 Å². The van der Waals surface area contributed by atoms with Gasteiger partial charge in [-0.1, -0.05) is 47.5 Å². The van der Waals surface area contributed by atoms with E-state index in [1.54, 1.807) is 12.1 Å². The van der Waals surface area contributed by atoms with Crippen molar-refractivity contribution in [3.05, 3.63) is 58.1 Å². The van der Waals surface area contributed by atoms with Gasteiger partial charge in [-0.05, 0) is 54.7 Å². The molecule has 2 aromatic rings. The van der Waals surface area contributed by atoms with Crippen LogP contribution in [0.25, 0.3) is 0 Å². The maximum Gasteiger partial charge on any atom is 0.238 e. The summed E-state index contributed by atoms with van der Waals surface area (Å²) >= 11 is 3.41. The van der Waals surface area contributed by atoms with Crippen LogP contribution < -0.4 is 10.5 Å². The summed E-state index contributed by atoms with van der Waals surface area (Å²) in [6.45, 7) is 1.86. The van der Waals surface area contributed by atoms with E-state index in [2.05, 4.69) is 21.2 Å². The second-order valence-corrected chi connectivity index (χ2v) is 9.06. The van der Waals surface area contributed by atoms with Crippen molar-refractivity contribution >= 4 is 37.5 Å². The molecule has 3 rings (SSSR count). The van der Waals surface area contributed by atoms with E-state index < -0.39 is 15.4 Å². The smallest absolute Gasteiger partial charge is 0.238 e. The maximum atomic E-state index is 13.0. The van der Waals surface area contributed by atoms with Crippen LogP contribution >= 0.6 is 15.9 Å². The Morgan fingerprint density at radius 3 is 2.35 bits per heavy atom. The number of benzene rings is 2. The third-order valence-electron chi connectivity index (χ3n) is 5.05. The minimum atomic E-state index is -3.84. The number of primary sulfonamides is 1. The molecule has 0 radical (unpaired) electrons. The molecule has 0 saturated heterocycles. The summed E-state index contributed by atoms with van der Waals surface area (Å²) in [5.74, 6) is -0.115. The zero-order valence-electron chi connectivity index (χ0n) is 14.5. The summed E-state index contributed by atoms with van der Waals surface area (Å²) < 4.78 is 24.6. The Morgan fingerprint density at radius 1 is 1.19 bits per heavy atom. The van der Waals surface area contributed by atoms with Crippen molar-refractivity contribution in [2.75, 3.05) is 5.32 Å². The Kier molecular flexibility index (Phi) is 5.23. The summed E-state index contributed by atoms with van der Waals surface area (Å²) in [6.07, 6.45) is 3.08. The predicted molar refractivity (Wildman–Crippen MR) is 105 cm³/mol. The normalized spacial score (nSPS) is 16.0. The van der Waals surface area contributed by atoms with Gasteiger partial charge in [0.1, 0.15) is 0 Å². The number of rotatable bonds is 5. The fourth-order valence-corrected chi connectivity index (χ4v) is 4.52. The van der Waals surface area contributed by atoms with Gasteiger partial charge in [-0.2, -0.15) is 0 Å². The number of halogens is 1. The topological polar surface area (TPSA) is 89.3 Å². The number of nitrogens with two attached hydrogens (primary N) is 1. The average Bonchev–Trinajstić information content (AvgIpc) is 2.54. The lowest BCUT2D eigenvalue weighted by Crippen LogP contribution is -2.46. The van der Waals surface area contributed by atoms with Crippen LogP contribution in [0.15, 0.2) is 51.8 Å². The fourth-order valence-electron chi connectivity index (χ4n) is 3.39. The molecule has 1 aliphatic rings. The van der Waals surface area contributed by atoms with E-state index >= 15 is 0 Å². The Balaban J connectivity index is 1.91. The molecular formula is C19H21BrN2O3S. The summed E-state index contributed by atoms with van der Waals surface area (Å²) in [5, 5.41) is 8.21. The van der Waals surface area contributed by atoms with Crippen LogP contribution in [0.3, 0.4) is 0 Å². The van der Waals surface area contributed by atoms with Gasteiger partial charge in [-0.3, -0.25) is 4.79 Å². The molecule has 2 aromatic carbocycles. The van der Waals surface area contributed by atoms with Gasteiger partial charge in [-0.25, -0.2) is 13.6 Å². The van der Waals surface area contributed by atoms with Crippen molar-refractivity contribution in [1.29, 1.82) is 0 Å². The first kappa shape index (κ1) is 19.1. The minimum Gasteiger partial charge on any atom is -0.325 e. The monoisotopic (exact) mass is 436 g/mol. The summed E-state index contributed by atoms with van der Waals surface area (Å²) in [6, 6.07) is 12.6. The first-order chi connectivity index (χ1) is 12.3. The quantitative estimate of drug-likeness (QED) is 0.747. The summed E-state index contributed by atoms with van der Waals surface area (Å²) in [5.41, 5.74) is 1.49. The number of nitrogens with one attached hydrogen (secondary N) is 1. The molecule has 0 unspecified atom stereocenters. The zero-order valence-corrected chi connectivity index (χ0v) is 16.9. The van der Waals surface area contributed by atoms with Gasteiger partial charge in [0.05, 0.1) is 10.3 Å². The third kappa shape index (κ3) is 3.56. The molecule has 0 heterocycles. The highest BCUT2D eigenvalue weighted by molar-refractivity contribution is 9.10. The van der Waals surface area contributed by atoms with E-state index in [1.807, 2.05) is 31.2 Å². The van der Waals surface area contributed by atoms with Crippen LogP contribution in [0, 0.1) is 0 Å². The standard InChI is InChI=1S/C19H21BrN2O3S/c1-2-13-4-9-16(12-17(13)26(21,24)25)22-18(23)19(10-3-11-19)14-5-7-15(20)8-6-14/h4-9,12H,2-3,10-11H2,1H3,(H,22,23)(H2,21,24,25). The molecule has 0 spiro atoms. The Bertz CT molecular complexity index is 936. The Labute approximate surface area is 162 Å². The number of sulfonamides is 1. The van der Waals surface area contributed by atoms with Gasteiger partial charge in [0.2, 0.25) is 15.9 Å². The van der Waals surface area contributed by atoms with Crippen LogP contribution in [0.4, 0.5) is 5.69 Å². The SMILES string of the molecule is CCc1ccc(NC(=O)C2(c3ccc(Br)cc3)CCC2)cc1S(N)(=O)=O. The zero-order chi connectivity index (χ0) is 18.9. The number of carbonyl (C=O) groups is 1. The van der Waals surface area contributed by atoms with E-state index in [0.717, 1.165) is 29.3 Å². The van der Waals surface area contributed by atoms with Crippen molar-refractivity contribution in [2.24, 2.45) is 5.14 Å². The molecule has 0 aromatic heterocycles. The van der Waals surface area contributed by atoms with Crippen LogP contribution in [0.5, 0.6) is 0 Å². The van der Waals surface area contributed by atoms with Crippen molar-refractivity contribution < 1.29 is 13.2 Å². The number of aryl methyl sites for hydroxylation is 1. The first-order valence-electron chi connectivity index (χ1n) is 8.49. The highest BCUT2D eigenvalue weighted by atomic mass is 79.9. The fraction of sp³-hybridized carbons (Fsp3) is 0.316. The molecule has 0 atom stereocenters. The number of hydrogen-bond donors (Lipinski definition) is 2. The maximum absolute atomic E-state index is 13.0. The van der Waals surface area contributed by atoms with Gasteiger partial charge in [0, 0.05) is 10.2 Å². The molecular weight excluding hydrogens is 416 g/mol. The van der Waals surface area contributed by atoms with E-state index in [1.165, 1.54) is 6.07 Å². The molecule has 1 saturated carbocycles. The third-order valence-corrected chi connectivity index (χ3v) is 6.57. The number of amides is 1. The molecule has 1 amide bonds. The molecule has 0 aliphatic heterocycles. The predicted octanol–water partition coefficient (Wildman–Crippen LogP) is 3.72. The van der Waals surface area contributed by atoms with Gasteiger partial charge in [0.15, 0.2) is 0 Å². The molecule has 26 heavy (non-hydrogen) atoms. The Morgan fingerprint density at radius 2 is 1.85 bits per heavy atom. The van der Waals surface area contributed by atoms with Crippen molar-refractivity contribution in [3.63, 3.8) is 0 Å². The molecule has 7 heteroatoms. The molecule has 1 fully saturated rings. The lowest BCUT2D eigenvalue weighted by atomic mass is 9.64. The van der Waals surface area contributed by atoms with Gasteiger partial charge in [0.25, 0.3) is 0 Å². The van der Waals surface area contributed by atoms with Crippen LogP contribution in [-0.2, 0) is 26.7 Å². The van der Waals surface area contributed by atoms with Gasteiger partial charge in [-0.15, -0.1) is 0 Å². The largest absolute Gasteiger partial charge is 0.325 e. The highest BCUT2D eigenvalue weighted by Gasteiger charge is 2.45.